The largest absolute Gasteiger partial charge is 0.490 e. The second-order valence-corrected chi connectivity index (χ2v) is 4.09. The van der Waals surface area contributed by atoms with Crippen molar-refractivity contribution in [2.45, 2.75) is 6.42 Å². The van der Waals surface area contributed by atoms with Crippen molar-refractivity contribution in [2.75, 3.05) is 25.2 Å². The summed E-state index contributed by atoms with van der Waals surface area (Å²) in [6, 6.07) is 2.29. The Morgan fingerprint density at radius 3 is 2.90 bits per heavy atom. The first-order chi connectivity index (χ1) is 9.58. The first-order valence-corrected chi connectivity index (χ1v) is 5.84. The van der Waals surface area contributed by atoms with Crippen LogP contribution in [0.2, 0.25) is 0 Å². The van der Waals surface area contributed by atoms with E-state index in [4.69, 9.17) is 4.74 Å². The number of esters is 1. The Labute approximate surface area is 114 Å². The van der Waals surface area contributed by atoms with Crippen LogP contribution in [-0.2, 0) is 9.53 Å². The van der Waals surface area contributed by atoms with Gasteiger partial charge in [0.15, 0.2) is 5.75 Å². The molecule has 0 spiro atoms. The number of carbonyl (C=O) groups excluding carboxylic acids is 2. The second-order valence-electron chi connectivity index (χ2n) is 4.09. The first-order valence-electron chi connectivity index (χ1n) is 5.84. The number of nitrogens with zero attached hydrogens (tertiary/aromatic N) is 2. The molecule has 1 aliphatic heterocycles. The Bertz CT molecular complexity index is 571. The molecular weight excluding hydrogens is 268 g/mol. The Morgan fingerprint density at radius 2 is 2.30 bits per heavy atom. The fourth-order valence-corrected chi connectivity index (χ4v) is 1.97. The Morgan fingerprint density at radius 1 is 1.55 bits per heavy atom. The SMILES string of the molecule is COC(=O)c1cc([N+](=O)[O-])cc2c1OCCCN2C=O. The molecule has 0 fully saturated rings. The molecule has 0 aromatic heterocycles. The van der Waals surface area contributed by atoms with E-state index in [0.717, 1.165) is 6.07 Å². The molecule has 20 heavy (non-hydrogen) atoms. The van der Waals surface area contributed by atoms with Crippen LogP contribution >= 0.6 is 0 Å². The summed E-state index contributed by atoms with van der Waals surface area (Å²) in [4.78, 5) is 34.4. The smallest absolute Gasteiger partial charge is 0.341 e. The average Bonchev–Trinajstić information content (AvgIpc) is 2.66. The molecule has 1 aromatic rings. The molecule has 1 aliphatic rings. The Hall–Kier alpha value is -2.64. The van der Waals surface area contributed by atoms with Crippen molar-refractivity contribution in [3.05, 3.63) is 27.8 Å². The summed E-state index contributed by atoms with van der Waals surface area (Å²) in [6.07, 6.45) is 1.11. The maximum Gasteiger partial charge on any atom is 0.341 e. The number of ether oxygens (including phenoxy) is 2. The zero-order valence-corrected chi connectivity index (χ0v) is 10.7. The molecule has 8 heteroatoms. The summed E-state index contributed by atoms with van der Waals surface area (Å²) in [7, 11) is 1.17. The van der Waals surface area contributed by atoms with E-state index in [2.05, 4.69) is 4.74 Å². The van der Waals surface area contributed by atoms with E-state index in [1.165, 1.54) is 18.1 Å². The predicted octanol–water partition coefficient (Wildman–Crippen LogP) is 1.13. The van der Waals surface area contributed by atoms with E-state index in [1.807, 2.05) is 0 Å². The zero-order valence-electron chi connectivity index (χ0n) is 10.7. The van der Waals surface area contributed by atoms with Crippen LogP contribution in [0.15, 0.2) is 12.1 Å². The van der Waals surface area contributed by atoms with Crippen molar-refractivity contribution in [3.63, 3.8) is 0 Å². The van der Waals surface area contributed by atoms with Gasteiger partial charge in [-0.1, -0.05) is 0 Å². The third kappa shape index (κ3) is 2.40. The fraction of sp³-hybridized carbons (Fsp3) is 0.333. The molecule has 0 N–H and O–H groups in total. The van der Waals surface area contributed by atoms with Crippen molar-refractivity contribution in [2.24, 2.45) is 0 Å². The highest BCUT2D eigenvalue weighted by atomic mass is 16.6. The minimum atomic E-state index is -0.752. The van der Waals surface area contributed by atoms with Crippen LogP contribution in [-0.4, -0.2) is 37.6 Å². The average molecular weight is 280 g/mol. The molecule has 0 radical (unpaired) electrons. The molecule has 106 valence electrons. The number of nitro benzene ring substituents is 1. The van der Waals surface area contributed by atoms with E-state index in [-0.39, 0.29) is 22.7 Å². The second kappa shape index (κ2) is 5.55. The number of hydrogen-bond acceptors (Lipinski definition) is 6. The number of fused-ring (bicyclic) bond motifs is 1. The maximum atomic E-state index is 11.7. The Balaban J connectivity index is 2.67. The third-order valence-corrected chi connectivity index (χ3v) is 2.90. The molecule has 1 amide bonds. The Kier molecular flexibility index (Phi) is 3.83. The summed E-state index contributed by atoms with van der Waals surface area (Å²) in [5.41, 5.74) is -0.168. The summed E-state index contributed by atoms with van der Waals surface area (Å²) in [6.45, 7) is 0.664. The molecule has 8 nitrogen and oxygen atoms in total. The van der Waals surface area contributed by atoms with Gasteiger partial charge in [-0.2, -0.15) is 0 Å². The lowest BCUT2D eigenvalue weighted by atomic mass is 10.1. The molecule has 0 saturated heterocycles. The first kappa shape index (κ1) is 13.8. The number of anilines is 1. The van der Waals surface area contributed by atoms with E-state index in [0.29, 0.717) is 26.0 Å². The van der Waals surface area contributed by atoms with Gasteiger partial charge in [-0.25, -0.2) is 4.79 Å². The van der Waals surface area contributed by atoms with Crippen LogP contribution in [0.3, 0.4) is 0 Å². The quantitative estimate of drug-likeness (QED) is 0.356. The normalized spacial score (nSPS) is 13.8. The summed E-state index contributed by atoms with van der Waals surface area (Å²) >= 11 is 0. The minimum Gasteiger partial charge on any atom is -0.490 e. The van der Waals surface area contributed by atoms with Crippen LogP contribution in [0, 0.1) is 10.1 Å². The number of methoxy groups -OCH3 is 1. The van der Waals surface area contributed by atoms with Crippen molar-refractivity contribution in [3.8, 4) is 5.75 Å². The lowest BCUT2D eigenvalue weighted by molar-refractivity contribution is -0.384. The van der Waals surface area contributed by atoms with Gasteiger partial charge in [-0.15, -0.1) is 0 Å². The van der Waals surface area contributed by atoms with E-state index >= 15 is 0 Å². The number of hydrogen-bond donors (Lipinski definition) is 0. The lowest BCUT2D eigenvalue weighted by Gasteiger charge is -2.17. The number of amides is 1. The lowest BCUT2D eigenvalue weighted by Crippen LogP contribution is -2.22. The van der Waals surface area contributed by atoms with Crippen molar-refractivity contribution in [1.82, 2.24) is 0 Å². The standard InChI is InChI=1S/C12H12N2O6/c1-19-12(16)9-5-8(14(17)18)6-10-11(9)20-4-2-3-13(10)7-15/h5-7H,2-4H2,1H3. The monoisotopic (exact) mass is 280 g/mol. The van der Waals surface area contributed by atoms with E-state index in [1.54, 1.807) is 0 Å². The van der Waals surface area contributed by atoms with Gasteiger partial charge in [0.1, 0.15) is 5.56 Å². The third-order valence-electron chi connectivity index (χ3n) is 2.90. The molecule has 2 rings (SSSR count). The molecule has 1 heterocycles. The summed E-state index contributed by atoms with van der Waals surface area (Å²) in [5.74, 6) is -0.621. The highest BCUT2D eigenvalue weighted by Gasteiger charge is 2.27. The number of benzene rings is 1. The summed E-state index contributed by atoms with van der Waals surface area (Å²) in [5, 5.41) is 10.9. The number of carbonyl (C=O) groups is 2. The molecule has 1 aromatic carbocycles. The number of non-ortho nitro benzene ring substituents is 1. The van der Waals surface area contributed by atoms with Gasteiger partial charge in [0.25, 0.3) is 5.69 Å². The van der Waals surface area contributed by atoms with Crippen molar-refractivity contribution < 1.29 is 24.0 Å². The van der Waals surface area contributed by atoms with Gasteiger partial charge >= 0.3 is 5.97 Å². The summed E-state index contributed by atoms with van der Waals surface area (Å²) < 4.78 is 10.0. The maximum absolute atomic E-state index is 11.7. The fourth-order valence-electron chi connectivity index (χ4n) is 1.97. The van der Waals surface area contributed by atoms with Gasteiger partial charge < -0.3 is 14.4 Å². The van der Waals surface area contributed by atoms with E-state index < -0.39 is 10.9 Å². The molecule has 0 bridgehead atoms. The highest BCUT2D eigenvalue weighted by molar-refractivity contribution is 5.97. The molecular formula is C12H12N2O6. The van der Waals surface area contributed by atoms with E-state index in [9.17, 15) is 19.7 Å². The van der Waals surface area contributed by atoms with Gasteiger partial charge in [0, 0.05) is 18.7 Å². The van der Waals surface area contributed by atoms with Crippen molar-refractivity contribution in [1.29, 1.82) is 0 Å². The van der Waals surface area contributed by atoms with Gasteiger partial charge in [-0.05, 0) is 6.42 Å². The molecule has 0 atom stereocenters. The van der Waals surface area contributed by atoms with Crippen LogP contribution < -0.4 is 9.64 Å². The number of nitro groups is 1. The van der Waals surface area contributed by atoms with Crippen LogP contribution in [0.5, 0.6) is 5.75 Å². The minimum absolute atomic E-state index is 0.0644. The number of rotatable bonds is 3. The van der Waals surface area contributed by atoms with Crippen LogP contribution in [0.1, 0.15) is 16.8 Å². The molecule has 0 unspecified atom stereocenters. The van der Waals surface area contributed by atoms with Crippen LogP contribution in [0.25, 0.3) is 0 Å². The molecule has 0 saturated carbocycles. The van der Waals surface area contributed by atoms with Crippen molar-refractivity contribution >= 4 is 23.8 Å². The van der Waals surface area contributed by atoms with Gasteiger partial charge in [0.05, 0.1) is 24.3 Å². The zero-order chi connectivity index (χ0) is 14.7. The van der Waals surface area contributed by atoms with Gasteiger partial charge in [0.2, 0.25) is 6.41 Å². The van der Waals surface area contributed by atoms with Crippen LogP contribution in [0.4, 0.5) is 11.4 Å². The topological polar surface area (TPSA) is 99.0 Å². The molecule has 0 aliphatic carbocycles. The predicted molar refractivity (Wildman–Crippen MR) is 68.0 cm³/mol. The van der Waals surface area contributed by atoms with Gasteiger partial charge in [-0.3, -0.25) is 14.9 Å². The highest BCUT2D eigenvalue weighted by Crippen LogP contribution is 2.38.